The summed E-state index contributed by atoms with van der Waals surface area (Å²) in [6.07, 6.45) is 0.431. The van der Waals surface area contributed by atoms with Crippen LogP contribution in [-0.2, 0) is 16.4 Å². The molecule has 0 fully saturated rings. The van der Waals surface area contributed by atoms with E-state index in [1.807, 2.05) is 5.38 Å². The molecule has 0 atom stereocenters. The first kappa shape index (κ1) is 15.4. The predicted molar refractivity (Wildman–Crippen MR) is 78.8 cm³/mol. The number of benzene rings is 1. The summed E-state index contributed by atoms with van der Waals surface area (Å²) in [5, 5.41) is 10.9. The zero-order chi connectivity index (χ0) is 15.5. The number of carboxylic acid groups (broad SMARTS) is 1. The third-order valence-corrected chi connectivity index (χ3v) is 4.83. The van der Waals surface area contributed by atoms with Crippen LogP contribution in [0.1, 0.15) is 16.1 Å². The highest BCUT2D eigenvalue weighted by Crippen LogP contribution is 2.19. The molecule has 0 spiro atoms. The highest BCUT2D eigenvalue weighted by molar-refractivity contribution is 7.89. The average Bonchev–Trinajstić information content (AvgIpc) is 2.91. The van der Waals surface area contributed by atoms with Gasteiger partial charge in [-0.2, -0.15) is 0 Å². The fourth-order valence-electron chi connectivity index (χ4n) is 1.70. The normalized spacial score (nSPS) is 11.4. The first-order valence-electron chi connectivity index (χ1n) is 5.90. The van der Waals surface area contributed by atoms with E-state index in [2.05, 4.69) is 9.71 Å². The van der Waals surface area contributed by atoms with Crippen LogP contribution >= 0.6 is 11.3 Å². The molecule has 0 saturated carbocycles. The Morgan fingerprint density at radius 1 is 1.43 bits per heavy atom. The minimum Gasteiger partial charge on any atom is -0.478 e. The number of aromatic nitrogens is 1. The lowest BCUT2D eigenvalue weighted by Crippen LogP contribution is -2.27. The van der Waals surface area contributed by atoms with Crippen molar-refractivity contribution in [1.29, 1.82) is 0 Å². The number of nitrogen functional groups attached to an aromatic ring is 1. The molecule has 0 aliphatic heterocycles. The van der Waals surface area contributed by atoms with Crippen molar-refractivity contribution in [2.45, 2.75) is 11.3 Å². The number of hydrogen-bond donors (Lipinski definition) is 3. The van der Waals surface area contributed by atoms with Crippen LogP contribution in [0.2, 0.25) is 0 Å². The summed E-state index contributed by atoms with van der Waals surface area (Å²) in [5.41, 5.74) is 7.76. The van der Waals surface area contributed by atoms with E-state index in [4.69, 9.17) is 10.8 Å². The molecular weight excluding hydrogens is 314 g/mol. The molecule has 112 valence electrons. The second-order valence-electron chi connectivity index (χ2n) is 4.19. The summed E-state index contributed by atoms with van der Waals surface area (Å²) in [6, 6.07) is 3.66. The molecule has 0 radical (unpaired) electrons. The molecule has 1 heterocycles. The molecule has 2 rings (SSSR count). The number of carbonyl (C=O) groups is 1. The Balaban J connectivity index is 2.17. The fourth-order valence-corrected chi connectivity index (χ4v) is 3.50. The second kappa shape index (κ2) is 6.20. The number of nitrogens with two attached hydrogens (primary N) is 1. The minimum atomic E-state index is -3.92. The maximum absolute atomic E-state index is 12.2. The van der Waals surface area contributed by atoms with E-state index in [9.17, 15) is 13.2 Å². The lowest BCUT2D eigenvalue weighted by molar-refractivity contribution is 0.0692. The molecule has 0 saturated heterocycles. The molecule has 0 aliphatic rings. The molecule has 1 aromatic carbocycles. The molecule has 0 bridgehead atoms. The van der Waals surface area contributed by atoms with Gasteiger partial charge in [-0.15, -0.1) is 11.3 Å². The van der Waals surface area contributed by atoms with Gasteiger partial charge >= 0.3 is 5.97 Å². The standard InChI is InChI=1S/C12H13N3O4S2/c13-8-1-2-11(10(5-8)12(16)17)21(18,19)15-4-3-9-6-20-7-14-9/h1-2,5-7,15H,3-4,13H2,(H,16,17). The van der Waals surface area contributed by atoms with Gasteiger partial charge in [0.05, 0.1) is 21.7 Å². The zero-order valence-electron chi connectivity index (χ0n) is 10.8. The van der Waals surface area contributed by atoms with Crippen molar-refractivity contribution in [1.82, 2.24) is 9.71 Å². The molecule has 0 amide bonds. The van der Waals surface area contributed by atoms with Gasteiger partial charge in [0.1, 0.15) is 0 Å². The third kappa shape index (κ3) is 3.78. The van der Waals surface area contributed by atoms with Crippen LogP contribution in [-0.4, -0.2) is 31.0 Å². The predicted octanol–water partition coefficient (Wildman–Crippen LogP) is 0.944. The second-order valence-corrected chi connectivity index (χ2v) is 6.64. The van der Waals surface area contributed by atoms with Crippen molar-refractivity contribution in [2.75, 3.05) is 12.3 Å². The molecule has 1 aromatic heterocycles. The largest absolute Gasteiger partial charge is 0.478 e. The summed E-state index contributed by atoms with van der Waals surface area (Å²) < 4.78 is 26.7. The maximum atomic E-state index is 12.2. The number of aromatic carboxylic acids is 1. The SMILES string of the molecule is Nc1ccc(S(=O)(=O)NCCc2cscn2)c(C(=O)O)c1. The van der Waals surface area contributed by atoms with E-state index in [1.54, 1.807) is 5.51 Å². The highest BCUT2D eigenvalue weighted by Gasteiger charge is 2.22. The van der Waals surface area contributed by atoms with Gasteiger partial charge in [-0.05, 0) is 18.2 Å². The molecule has 0 aliphatic carbocycles. The van der Waals surface area contributed by atoms with Gasteiger partial charge in [0.15, 0.2) is 0 Å². The zero-order valence-corrected chi connectivity index (χ0v) is 12.4. The van der Waals surface area contributed by atoms with Crippen molar-refractivity contribution in [3.63, 3.8) is 0 Å². The molecule has 9 heteroatoms. The summed E-state index contributed by atoms with van der Waals surface area (Å²) in [7, 11) is -3.92. The first-order valence-corrected chi connectivity index (χ1v) is 8.32. The summed E-state index contributed by atoms with van der Waals surface area (Å²) in [5.74, 6) is -1.35. The first-order chi connectivity index (χ1) is 9.90. The van der Waals surface area contributed by atoms with Crippen molar-refractivity contribution < 1.29 is 18.3 Å². The monoisotopic (exact) mass is 327 g/mol. The van der Waals surface area contributed by atoms with E-state index in [-0.39, 0.29) is 22.7 Å². The molecular formula is C12H13N3O4S2. The Labute approximate surface area is 125 Å². The number of nitrogens with zero attached hydrogens (tertiary/aromatic N) is 1. The van der Waals surface area contributed by atoms with Crippen molar-refractivity contribution in [2.24, 2.45) is 0 Å². The lowest BCUT2D eigenvalue weighted by Gasteiger charge is -2.09. The summed E-state index contributed by atoms with van der Waals surface area (Å²) in [6.45, 7) is 0.134. The van der Waals surface area contributed by atoms with Gasteiger partial charge in [-0.25, -0.2) is 22.9 Å². The lowest BCUT2D eigenvalue weighted by atomic mass is 10.2. The number of anilines is 1. The molecule has 0 unspecified atom stereocenters. The van der Waals surface area contributed by atoms with Gasteiger partial charge in [-0.1, -0.05) is 0 Å². The maximum Gasteiger partial charge on any atom is 0.337 e. The Morgan fingerprint density at radius 2 is 2.19 bits per heavy atom. The van der Waals surface area contributed by atoms with Crippen LogP contribution < -0.4 is 10.5 Å². The van der Waals surface area contributed by atoms with E-state index >= 15 is 0 Å². The minimum absolute atomic E-state index is 0.134. The Kier molecular flexibility index (Phi) is 4.56. The van der Waals surface area contributed by atoms with Gasteiger partial charge in [0, 0.05) is 24.0 Å². The van der Waals surface area contributed by atoms with Crippen molar-refractivity contribution in [3.05, 3.63) is 40.3 Å². The van der Waals surface area contributed by atoms with E-state index < -0.39 is 16.0 Å². The molecule has 4 N–H and O–H groups in total. The van der Waals surface area contributed by atoms with Crippen LogP contribution in [0.3, 0.4) is 0 Å². The van der Waals surface area contributed by atoms with E-state index in [0.29, 0.717) is 6.42 Å². The van der Waals surface area contributed by atoms with Crippen LogP contribution in [0.25, 0.3) is 0 Å². The van der Waals surface area contributed by atoms with E-state index in [0.717, 1.165) is 11.8 Å². The third-order valence-electron chi connectivity index (χ3n) is 2.68. The average molecular weight is 327 g/mol. The molecule has 21 heavy (non-hydrogen) atoms. The quantitative estimate of drug-likeness (QED) is 0.679. The Bertz CT molecular complexity index is 742. The fraction of sp³-hybridized carbons (Fsp3) is 0.167. The Morgan fingerprint density at radius 3 is 2.81 bits per heavy atom. The number of sulfonamides is 1. The van der Waals surface area contributed by atoms with Gasteiger partial charge < -0.3 is 10.8 Å². The van der Waals surface area contributed by atoms with Crippen LogP contribution in [0.5, 0.6) is 0 Å². The number of nitrogens with one attached hydrogen (secondary N) is 1. The smallest absolute Gasteiger partial charge is 0.337 e. The van der Waals surface area contributed by atoms with E-state index in [1.165, 1.54) is 23.5 Å². The van der Waals surface area contributed by atoms with Crippen molar-refractivity contribution in [3.8, 4) is 0 Å². The summed E-state index contributed by atoms with van der Waals surface area (Å²) in [4.78, 5) is 14.9. The Hall–Kier alpha value is -1.97. The van der Waals surface area contributed by atoms with Crippen LogP contribution in [0.15, 0.2) is 34.0 Å². The van der Waals surface area contributed by atoms with Gasteiger partial charge in [0.25, 0.3) is 0 Å². The van der Waals surface area contributed by atoms with Gasteiger partial charge in [0.2, 0.25) is 10.0 Å². The number of rotatable bonds is 6. The number of carboxylic acids is 1. The van der Waals surface area contributed by atoms with Crippen molar-refractivity contribution >= 4 is 33.0 Å². The topological polar surface area (TPSA) is 122 Å². The molecule has 2 aromatic rings. The highest BCUT2D eigenvalue weighted by atomic mass is 32.2. The number of hydrogen-bond acceptors (Lipinski definition) is 6. The number of thiazole rings is 1. The molecule has 7 nitrogen and oxygen atoms in total. The van der Waals surface area contributed by atoms with Crippen LogP contribution in [0, 0.1) is 0 Å². The van der Waals surface area contributed by atoms with Crippen LogP contribution in [0.4, 0.5) is 5.69 Å². The summed E-state index contributed by atoms with van der Waals surface area (Å²) >= 11 is 1.42. The van der Waals surface area contributed by atoms with Gasteiger partial charge in [-0.3, -0.25) is 0 Å².